The highest BCUT2D eigenvalue weighted by molar-refractivity contribution is 5.94. The summed E-state index contributed by atoms with van der Waals surface area (Å²) in [4.78, 5) is 36.6. The van der Waals surface area contributed by atoms with Gasteiger partial charge in [0, 0.05) is 62.1 Å². The summed E-state index contributed by atoms with van der Waals surface area (Å²) in [6, 6.07) is 6.79. The third kappa shape index (κ3) is 5.58. The van der Waals surface area contributed by atoms with Crippen LogP contribution >= 0.6 is 0 Å². The van der Waals surface area contributed by atoms with Crippen LogP contribution in [0, 0.1) is 0 Å². The summed E-state index contributed by atoms with van der Waals surface area (Å²) in [6.45, 7) is 3.43. The molecule has 3 rings (SSSR count). The Hall–Kier alpha value is -2.84. The van der Waals surface area contributed by atoms with Gasteiger partial charge in [-0.05, 0) is 24.3 Å². The lowest BCUT2D eigenvalue weighted by Crippen LogP contribution is -2.40. The summed E-state index contributed by atoms with van der Waals surface area (Å²) in [5.74, 6) is -0.137. The number of ether oxygens (including phenoxy) is 2. The smallest absolute Gasteiger partial charge is 0.254 e. The number of nitrogens with zero attached hydrogens (tertiary/aromatic N) is 4. The maximum absolute atomic E-state index is 12.6. The van der Waals surface area contributed by atoms with Crippen molar-refractivity contribution < 1.29 is 19.1 Å². The number of hydrogen-bond donors (Lipinski definition) is 0. The van der Waals surface area contributed by atoms with Crippen LogP contribution in [0.15, 0.2) is 49.1 Å². The van der Waals surface area contributed by atoms with Crippen LogP contribution in [0.4, 0.5) is 0 Å². The SMILES string of the molecule is O=C(c1ccncc1)N1CCOCCN(C(=O)c2ccncc2)CCOCC1. The van der Waals surface area contributed by atoms with Gasteiger partial charge < -0.3 is 19.3 Å². The fraction of sp³-hybridized carbons (Fsp3) is 0.400. The van der Waals surface area contributed by atoms with E-state index in [1.807, 2.05) is 0 Å². The van der Waals surface area contributed by atoms with Crippen LogP contribution < -0.4 is 0 Å². The third-order valence-corrected chi connectivity index (χ3v) is 4.45. The Morgan fingerprint density at radius 2 is 0.964 bits per heavy atom. The van der Waals surface area contributed by atoms with E-state index in [1.54, 1.807) is 58.9 Å². The van der Waals surface area contributed by atoms with E-state index in [2.05, 4.69) is 9.97 Å². The molecular formula is C20H24N4O4. The minimum Gasteiger partial charge on any atom is -0.378 e. The predicted molar refractivity (Wildman–Crippen MR) is 102 cm³/mol. The molecule has 0 aromatic carbocycles. The molecule has 0 radical (unpaired) electrons. The minimum atomic E-state index is -0.0684. The van der Waals surface area contributed by atoms with Gasteiger partial charge in [-0.3, -0.25) is 19.6 Å². The molecule has 0 spiro atoms. The van der Waals surface area contributed by atoms with Crippen LogP contribution in [0.5, 0.6) is 0 Å². The van der Waals surface area contributed by atoms with Crippen LogP contribution in [0.1, 0.15) is 20.7 Å². The van der Waals surface area contributed by atoms with Gasteiger partial charge in [-0.15, -0.1) is 0 Å². The highest BCUT2D eigenvalue weighted by Gasteiger charge is 2.18. The lowest BCUT2D eigenvalue weighted by molar-refractivity contribution is 0.0304. The predicted octanol–water partition coefficient (Wildman–Crippen LogP) is 1.11. The molecule has 1 aliphatic rings. The van der Waals surface area contributed by atoms with E-state index >= 15 is 0 Å². The normalized spacial score (nSPS) is 16.7. The Kier molecular flexibility index (Phi) is 7.45. The zero-order valence-electron chi connectivity index (χ0n) is 15.7. The minimum absolute atomic E-state index is 0.0684. The summed E-state index contributed by atoms with van der Waals surface area (Å²) >= 11 is 0. The Bertz CT molecular complexity index is 680. The molecule has 0 saturated carbocycles. The first kappa shape index (κ1) is 19.9. The van der Waals surface area contributed by atoms with E-state index in [0.29, 0.717) is 63.7 Å². The highest BCUT2D eigenvalue weighted by atomic mass is 16.5. The lowest BCUT2D eigenvalue weighted by Gasteiger charge is -2.26. The highest BCUT2D eigenvalue weighted by Crippen LogP contribution is 2.06. The first-order chi connectivity index (χ1) is 13.8. The molecule has 8 nitrogen and oxygen atoms in total. The van der Waals surface area contributed by atoms with Crippen molar-refractivity contribution >= 4 is 11.8 Å². The van der Waals surface area contributed by atoms with Crippen LogP contribution in [-0.2, 0) is 9.47 Å². The van der Waals surface area contributed by atoms with Crippen molar-refractivity contribution in [2.75, 3.05) is 52.6 Å². The van der Waals surface area contributed by atoms with Gasteiger partial charge in [0.25, 0.3) is 11.8 Å². The van der Waals surface area contributed by atoms with Gasteiger partial charge in [0.1, 0.15) is 0 Å². The number of amides is 2. The van der Waals surface area contributed by atoms with Crippen molar-refractivity contribution in [1.82, 2.24) is 19.8 Å². The molecule has 3 heterocycles. The van der Waals surface area contributed by atoms with E-state index < -0.39 is 0 Å². The van der Waals surface area contributed by atoms with Crippen LogP contribution in [0.2, 0.25) is 0 Å². The molecule has 0 unspecified atom stereocenters. The number of pyridine rings is 2. The Morgan fingerprint density at radius 3 is 1.29 bits per heavy atom. The van der Waals surface area contributed by atoms with Crippen molar-refractivity contribution in [2.45, 2.75) is 0 Å². The number of hydrogen-bond acceptors (Lipinski definition) is 6. The Labute approximate surface area is 164 Å². The molecule has 1 saturated heterocycles. The van der Waals surface area contributed by atoms with Gasteiger partial charge in [-0.1, -0.05) is 0 Å². The van der Waals surface area contributed by atoms with E-state index in [1.165, 1.54) is 0 Å². The van der Waals surface area contributed by atoms with E-state index in [-0.39, 0.29) is 11.8 Å². The molecule has 2 aromatic rings. The summed E-state index contributed by atoms with van der Waals surface area (Å²) < 4.78 is 11.4. The molecule has 1 fully saturated rings. The topological polar surface area (TPSA) is 84.9 Å². The summed E-state index contributed by atoms with van der Waals surface area (Å²) in [7, 11) is 0. The quantitative estimate of drug-likeness (QED) is 0.771. The molecule has 1 aliphatic heterocycles. The molecule has 0 N–H and O–H groups in total. The first-order valence-corrected chi connectivity index (χ1v) is 9.30. The van der Waals surface area contributed by atoms with Gasteiger partial charge in [-0.25, -0.2) is 0 Å². The molecule has 2 amide bonds. The Morgan fingerprint density at radius 1 is 0.643 bits per heavy atom. The lowest BCUT2D eigenvalue weighted by atomic mass is 10.2. The molecule has 0 bridgehead atoms. The maximum atomic E-state index is 12.6. The average molecular weight is 384 g/mol. The first-order valence-electron chi connectivity index (χ1n) is 9.30. The van der Waals surface area contributed by atoms with Gasteiger partial charge in [0.15, 0.2) is 0 Å². The second-order valence-corrected chi connectivity index (χ2v) is 6.28. The van der Waals surface area contributed by atoms with Gasteiger partial charge >= 0.3 is 0 Å². The average Bonchev–Trinajstić information content (AvgIpc) is 2.74. The fourth-order valence-electron chi connectivity index (χ4n) is 2.89. The van der Waals surface area contributed by atoms with Crippen molar-refractivity contribution in [1.29, 1.82) is 0 Å². The largest absolute Gasteiger partial charge is 0.378 e. The number of carbonyl (C=O) groups excluding carboxylic acids is 2. The third-order valence-electron chi connectivity index (χ3n) is 4.45. The van der Waals surface area contributed by atoms with Gasteiger partial charge in [0.05, 0.1) is 26.4 Å². The molecule has 0 aliphatic carbocycles. The maximum Gasteiger partial charge on any atom is 0.254 e. The Balaban J connectivity index is 1.56. The van der Waals surface area contributed by atoms with Crippen LogP contribution in [0.3, 0.4) is 0 Å². The summed E-state index contributed by atoms with van der Waals surface area (Å²) in [5, 5.41) is 0. The molecule has 148 valence electrons. The summed E-state index contributed by atoms with van der Waals surface area (Å²) in [5.41, 5.74) is 1.19. The van der Waals surface area contributed by atoms with Crippen molar-refractivity contribution in [3.63, 3.8) is 0 Å². The fourth-order valence-corrected chi connectivity index (χ4v) is 2.89. The zero-order valence-corrected chi connectivity index (χ0v) is 15.7. The monoisotopic (exact) mass is 384 g/mol. The summed E-state index contributed by atoms with van der Waals surface area (Å²) in [6.07, 6.45) is 6.41. The zero-order chi connectivity index (χ0) is 19.6. The van der Waals surface area contributed by atoms with Crippen LogP contribution in [-0.4, -0.2) is 84.2 Å². The number of aromatic nitrogens is 2. The second-order valence-electron chi connectivity index (χ2n) is 6.28. The number of carbonyl (C=O) groups is 2. The molecule has 2 aromatic heterocycles. The van der Waals surface area contributed by atoms with Gasteiger partial charge in [-0.2, -0.15) is 0 Å². The molecular weight excluding hydrogens is 360 g/mol. The standard InChI is InChI=1S/C20H24N4O4/c25-19(17-1-5-21-6-2-17)23-9-13-27-15-11-24(12-16-28-14-10-23)20(26)18-3-7-22-8-4-18/h1-8H,9-16H2. The second kappa shape index (κ2) is 10.5. The molecule has 0 atom stereocenters. The number of rotatable bonds is 2. The van der Waals surface area contributed by atoms with E-state index in [4.69, 9.17) is 9.47 Å². The van der Waals surface area contributed by atoms with E-state index in [9.17, 15) is 9.59 Å². The van der Waals surface area contributed by atoms with E-state index in [0.717, 1.165) is 0 Å². The molecule has 8 heteroatoms. The van der Waals surface area contributed by atoms with Crippen molar-refractivity contribution in [2.24, 2.45) is 0 Å². The van der Waals surface area contributed by atoms with Crippen molar-refractivity contribution in [3.8, 4) is 0 Å². The van der Waals surface area contributed by atoms with Crippen LogP contribution in [0.25, 0.3) is 0 Å². The van der Waals surface area contributed by atoms with Gasteiger partial charge in [0.2, 0.25) is 0 Å². The molecule has 28 heavy (non-hydrogen) atoms. The van der Waals surface area contributed by atoms with Crippen molar-refractivity contribution in [3.05, 3.63) is 60.2 Å².